The fraction of sp³-hybridized carbons (Fsp3) is 0.474. The number of nitrogens with one attached hydrogen (secondary N) is 2. The van der Waals surface area contributed by atoms with Gasteiger partial charge in [-0.3, -0.25) is 9.59 Å². The van der Waals surface area contributed by atoms with Crippen molar-refractivity contribution in [3.05, 3.63) is 108 Å². The zero-order valence-electron chi connectivity index (χ0n) is 25.7. The number of carbonyl (C=O) groups is 2. The van der Waals surface area contributed by atoms with Gasteiger partial charge in [-0.15, -0.1) is 0 Å². The highest BCUT2D eigenvalue weighted by Gasteiger charge is 2.38. The predicted octanol–water partition coefficient (Wildman–Crippen LogP) is 6.72. The van der Waals surface area contributed by atoms with Gasteiger partial charge in [0.15, 0.2) is 0 Å². The van der Waals surface area contributed by atoms with Crippen molar-refractivity contribution < 1.29 is 9.59 Å². The molecule has 1 atom stereocenters. The molecule has 1 saturated heterocycles. The van der Waals surface area contributed by atoms with Crippen LogP contribution in [-0.4, -0.2) is 49.4 Å². The Morgan fingerprint density at radius 3 is 1.81 bits per heavy atom. The molecule has 0 radical (unpaired) electrons. The van der Waals surface area contributed by atoms with Gasteiger partial charge in [-0.25, -0.2) is 0 Å². The Hall–Kier alpha value is -3.44. The molecular formula is C38H49N3O2. The lowest BCUT2D eigenvalue weighted by molar-refractivity contribution is -0.122. The van der Waals surface area contributed by atoms with Crippen LogP contribution >= 0.6 is 0 Å². The largest absolute Gasteiger partial charge is 0.356 e. The molecule has 43 heavy (non-hydrogen) atoms. The van der Waals surface area contributed by atoms with Gasteiger partial charge in [0.25, 0.3) is 0 Å². The fourth-order valence-corrected chi connectivity index (χ4v) is 6.96. The van der Waals surface area contributed by atoms with Crippen molar-refractivity contribution >= 4 is 11.8 Å². The molecule has 1 aliphatic carbocycles. The number of likely N-dealkylation sites (tertiary alicyclic amines) is 1. The fourth-order valence-electron chi connectivity index (χ4n) is 6.96. The Bertz CT molecular complexity index is 1160. The highest BCUT2D eigenvalue weighted by molar-refractivity contribution is 5.80. The van der Waals surface area contributed by atoms with Crippen LogP contribution in [0.5, 0.6) is 0 Å². The quantitative estimate of drug-likeness (QED) is 0.155. The van der Waals surface area contributed by atoms with Gasteiger partial charge in [-0.1, -0.05) is 104 Å². The number of carbonyl (C=O) groups excluding carboxylic acids is 2. The molecule has 2 N–H and O–H groups in total. The normalized spacial score (nSPS) is 17.6. The summed E-state index contributed by atoms with van der Waals surface area (Å²) in [4.78, 5) is 28.6. The van der Waals surface area contributed by atoms with Gasteiger partial charge in [0, 0.05) is 39.0 Å². The number of rotatable bonds is 15. The van der Waals surface area contributed by atoms with Crippen molar-refractivity contribution in [2.75, 3.05) is 32.7 Å². The molecule has 5 heteroatoms. The van der Waals surface area contributed by atoms with Gasteiger partial charge in [-0.2, -0.15) is 0 Å². The monoisotopic (exact) mass is 579 g/mol. The van der Waals surface area contributed by atoms with Gasteiger partial charge in [0.2, 0.25) is 11.8 Å². The predicted molar refractivity (Wildman–Crippen MR) is 175 cm³/mol. The Morgan fingerprint density at radius 1 is 0.674 bits per heavy atom. The van der Waals surface area contributed by atoms with Crippen molar-refractivity contribution in [1.82, 2.24) is 15.5 Å². The van der Waals surface area contributed by atoms with E-state index in [0.29, 0.717) is 25.3 Å². The molecule has 228 valence electrons. The van der Waals surface area contributed by atoms with E-state index in [1.54, 1.807) is 0 Å². The van der Waals surface area contributed by atoms with E-state index in [0.717, 1.165) is 55.0 Å². The molecule has 1 unspecified atom stereocenters. The van der Waals surface area contributed by atoms with E-state index < -0.39 is 5.41 Å². The highest BCUT2D eigenvalue weighted by Crippen LogP contribution is 2.42. The molecule has 3 aromatic carbocycles. The van der Waals surface area contributed by atoms with Crippen molar-refractivity contribution in [2.24, 2.45) is 11.8 Å². The lowest BCUT2D eigenvalue weighted by atomic mass is 9.67. The average Bonchev–Trinajstić information content (AvgIpc) is 3.04. The Kier molecular flexibility index (Phi) is 11.4. The molecule has 0 spiro atoms. The van der Waals surface area contributed by atoms with Crippen LogP contribution in [0, 0.1) is 11.8 Å². The maximum absolute atomic E-state index is 13.5. The Labute approximate surface area is 258 Å². The summed E-state index contributed by atoms with van der Waals surface area (Å²) >= 11 is 0. The first-order valence-corrected chi connectivity index (χ1v) is 16.6. The number of hydrogen-bond donors (Lipinski definition) is 2. The summed E-state index contributed by atoms with van der Waals surface area (Å²) in [5, 5.41) is 6.39. The maximum Gasteiger partial charge on any atom is 0.221 e. The summed E-state index contributed by atoms with van der Waals surface area (Å²) in [5.41, 5.74) is 2.73. The zero-order valence-corrected chi connectivity index (χ0v) is 25.7. The smallest absolute Gasteiger partial charge is 0.221 e. The third-order valence-corrected chi connectivity index (χ3v) is 9.56. The van der Waals surface area contributed by atoms with E-state index in [-0.39, 0.29) is 11.8 Å². The van der Waals surface area contributed by atoms with E-state index in [1.807, 2.05) is 54.6 Å². The number of unbranched alkanes of at least 4 members (excludes halogenated alkanes) is 2. The molecule has 2 fully saturated rings. The second-order valence-corrected chi connectivity index (χ2v) is 12.7. The first kappa shape index (κ1) is 31.0. The van der Waals surface area contributed by atoms with Gasteiger partial charge in [-0.05, 0) is 73.6 Å². The Balaban J connectivity index is 1.06. The molecule has 1 saturated carbocycles. The standard InChI is InChI=1S/C38H49N3O2/c42-36(40-28-32-17-14-26-41(30-32)29-31-15-13-16-31)24-11-4-12-25-39-37(43)27-38(33-18-5-1-6-19-33,34-20-7-2-8-21-34)35-22-9-3-10-23-35/h1-3,5-10,18-23,31-32H,4,11-17,24-30H2,(H,39,43)(H,40,42). The molecule has 3 aromatic rings. The number of piperidine rings is 1. The topological polar surface area (TPSA) is 61.4 Å². The summed E-state index contributed by atoms with van der Waals surface area (Å²) in [5.74, 6) is 1.70. The van der Waals surface area contributed by atoms with Crippen molar-refractivity contribution in [3.8, 4) is 0 Å². The number of nitrogens with zero attached hydrogens (tertiary/aromatic N) is 1. The minimum absolute atomic E-state index is 0.0353. The van der Waals surface area contributed by atoms with Crippen LogP contribution in [0.1, 0.15) is 80.9 Å². The molecule has 5 rings (SSSR count). The summed E-state index contributed by atoms with van der Waals surface area (Å²) in [6, 6.07) is 31.1. The van der Waals surface area contributed by atoms with E-state index in [9.17, 15) is 9.59 Å². The third-order valence-electron chi connectivity index (χ3n) is 9.56. The first-order valence-electron chi connectivity index (χ1n) is 16.6. The summed E-state index contributed by atoms with van der Waals surface area (Å²) in [6.45, 7) is 5.04. The lowest BCUT2D eigenvalue weighted by Gasteiger charge is -2.37. The highest BCUT2D eigenvalue weighted by atomic mass is 16.2. The van der Waals surface area contributed by atoms with Crippen molar-refractivity contribution in [3.63, 3.8) is 0 Å². The molecule has 2 amide bonds. The van der Waals surface area contributed by atoms with E-state index >= 15 is 0 Å². The average molecular weight is 580 g/mol. The molecule has 1 heterocycles. The summed E-state index contributed by atoms with van der Waals surface area (Å²) < 4.78 is 0. The van der Waals surface area contributed by atoms with Crippen LogP contribution in [-0.2, 0) is 15.0 Å². The SMILES string of the molecule is O=C(CCCCCNC(=O)CC(c1ccccc1)(c1ccccc1)c1ccccc1)NCC1CCCN(CC2CCC2)C1. The van der Waals surface area contributed by atoms with Crippen molar-refractivity contribution in [1.29, 1.82) is 0 Å². The van der Waals surface area contributed by atoms with E-state index in [4.69, 9.17) is 0 Å². The molecule has 2 aliphatic rings. The van der Waals surface area contributed by atoms with Gasteiger partial charge < -0.3 is 15.5 Å². The van der Waals surface area contributed by atoms with Crippen LogP contribution < -0.4 is 10.6 Å². The van der Waals surface area contributed by atoms with Gasteiger partial charge >= 0.3 is 0 Å². The molecule has 0 bridgehead atoms. The minimum Gasteiger partial charge on any atom is -0.356 e. The van der Waals surface area contributed by atoms with Gasteiger partial charge in [0.05, 0.1) is 5.41 Å². The second kappa shape index (κ2) is 15.9. The maximum atomic E-state index is 13.5. The molecule has 1 aliphatic heterocycles. The zero-order chi connectivity index (χ0) is 29.7. The first-order chi connectivity index (χ1) is 21.1. The minimum atomic E-state index is -0.585. The number of benzene rings is 3. The van der Waals surface area contributed by atoms with Crippen molar-refractivity contribution in [2.45, 2.75) is 69.6 Å². The molecule has 5 nitrogen and oxygen atoms in total. The van der Waals surface area contributed by atoms with E-state index in [1.165, 1.54) is 45.2 Å². The van der Waals surface area contributed by atoms with Crippen LogP contribution in [0.15, 0.2) is 91.0 Å². The summed E-state index contributed by atoms with van der Waals surface area (Å²) in [7, 11) is 0. The third kappa shape index (κ3) is 8.57. The number of amides is 2. The van der Waals surface area contributed by atoms with Crippen LogP contribution in [0.3, 0.4) is 0 Å². The van der Waals surface area contributed by atoms with Crippen LogP contribution in [0.25, 0.3) is 0 Å². The molecular weight excluding hydrogens is 530 g/mol. The van der Waals surface area contributed by atoms with Crippen LogP contribution in [0.2, 0.25) is 0 Å². The lowest BCUT2D eigenvalue weighted by Crippen LogP contribution is -2.43. The molecule has 0 aromatic heterocycles. The summed E-state index contributed by atoms with van der Waals surface area (Å²) in [6.07, 6.45) is 10.2. The Morgan fingerprint density at radius 2 is 1.26 bits per heavy atom. The van der Waals surface area contributed by atoms with Crippen LogP contribution in [0.4, 0.5) is 0 Å². The second-order valence-electron chi connectivity index (χ2n) is 12.7. The number of hydrogen-bond acceptors (Lipinski definition) is 3. The van der Waals surface area contributed by atoms with E-state index in [2.05, 4.69) is 51.9 Å². The van der Waals surface area contributed by atoms with Gasteiger partial charge in [0.1, 0.15) is 0 Å².